The topological polar surface area (TPSA) is 54.0 Å². The standard InChI is InChI=1S/C17H31N3O3/c1-16(2,3)23-15(21)20-10-8-19(9-11-20)14-12-17(22-13-14)4-6-18-7-5-17/h14,18H,4-13H2,1-3H3. The quantitative estimate of drug-likeness (QED) is 0.791. The molecule has 3 saturated heterocycles. The van der Waals surface area contributed by atoms with E-state index < -0.39 is 5.60 Å². The third kappa shape index (κ3) is 4.17. The average Bonchev–Trinajstić information content (AvgIpc) is 2.90. The van der Waals surface area contributed by atoms with Gasteiger partial charge in [-0.1, -0.05) is 0 Å². The minimum atomic E-state index is -0.422. The summed E-state index contributed by atoms with van der Waals surface area (Å²) in [5.74, 6) is 0. The molecule has 3 rings (SSSR count). The molecule has 0 aromatic heterocycles. The number of carbonyl (C=O) groups excluding carboxylic acids is 1. The van der Waals surface area contributed by atoms with Crippen molar-refractivity contribution in [2.24, 2.45) is 0 Å². The largest absolute Gasteiger partial charge is 0.444 e. The first kappa shape index (κ1) is 17.0. The van der Waals surface area contributed by atoms with Gasteiger partial charge in [-0.3, -0.25) is 4.90 Å². The normalized spacial score (nSPS) is 29.0. The lowest BCUT2D eigenvalue weighted by Gasteiger charge is -2.38. The Morgan fingerprint density at radius 1 is 1.17 bits per heavy atom. The highest BCUT2D eigenvalue weighted by Gasteiger charge is 2.43. The Morgan fingerprint density at radius 2 is 1.83 bits per heavy atom. The zero-order valence-corrected chi connectivity index (χ0v) is 14.8. The van der Waals surface area contributed by atoms with Gasteiger partial charge >= 0.3 is 6.09 Å². The van der Waals surface area contributed by atoms with Crippen LogP contribution in [0.3, 0.4) is 0 Å². The number of nitrogens with zero attached hydrogens (tertiary/aromatic N) is 2. The van der Waals surface area contributed by atoms with Gasteiger partial charge in [0.1, 0.15) is 5.60 Å². The number of carbonyl (C=O) groups is 1. The van der Waals surface area contributed by atoms with Gasteiger partial charge in [0.15, 0.2) is 0 Å². The average molecular weight is 325 g/mol. The van der Waals surface area contributed by atoms with Crippen molar-refractivity contribution >= 4 is 6.09 Å². The summed E-state index contributed by atoms with van der Waals surface area (Å²) < 4.78 is 11.7. The van der Waals surface area contributed by atoms with E-state index in [-0.39, 0.29) is 11.7 Å². The third-order valence-corrected chi connectivity index (χ3v) is 5.19. The fourth-order valence-electron chi connectivity index (χ4n) is 3.88. The fraction of sp³-hybridized carbons (Fsp3) is 0.941. The Balaban J connectivity index is 1.47. The lowest BCUT2D eigenvalue weighted by molar-refractivity contribution is -0.0208. The highest BCUT2D eigenvalue weighted by atomic mass is 16.6. The highest BCUT2D eigenvalue weighted by molar-refractivity contribution is 5.68. The molecular formula is C17H31N3O3. The van der Waals surface area contributed by atoms with Crippen molar-refractivity contribution in [2.75, 3.05) is 45.9 Å². The van der Waals surface area contributed by atoms with Gasteiger partial charge in [-0.15, -0.1) is 0 Å². The molecule has 0 aromatic rings. The maximum absolute atomic E-state index is 12.1. The van der Waals surface area contributed by atoms with Crippen LogP contribution in [0.5, 0.6) is 0 Å². The van der Waals surface area contributed by atoms with E-state index in [1.165, 1.54) is 0 Å². The molecule has 23 heavy (non-hydrogen) atoms. The van der Waals surface area contributed by atoms with E-state index in [2.05, 4.69) is 10.2 Å². The Kier molecular flexibility index (Phi) is 4.85. The van der Waals surface area contributed by atoms with Crippen LogP contribution in [0.4, 0.5) is 4.79 Å². The van der Waals surface area contributed by atoms with Crippen LogP contribution in [-0.4, -0.2) is 79.0 Å². The number of hydrogen-bond donors (Lipinski definition) is 1. The molecule has 0 aliphatic carbocycles. The van der Waals surface area contributed by atoms with Crippen molar-refractivity contribution in [1.82, 2.24) is 15.1 Å². The Bertz CT molecular complexity index is 421. The summed E-state index contributed by atoms with van der Waals surface area (Å²) in [6.45, 7) is 12.0. The SMILES string of the molecule is CC(C)(C)OC(=O)N1CCN(C2COC3(CCNCC3)C2)CC1. The molecule has 3 aliphatic rings. The van der Waals surface area contributed by atoms with Crippen LogP contribution in [0.25, 0.3) is 0 Å². The first-order valence-electron chi connectivity index (χ1n) is 8.94. The van der Waals surface area contributed by atoms with Gasteiger partial charge in [-0.05, 0) is 53.1 Å². The van der Waals surface area contributed by atoms with Crippen molar-refractivity contribution in [3.63, 3.8) is 0 Å². The molecule has 0 saturated carbocycles. The van der Waals surface area contributed by atoms with E-state index in [0.29, 0.717) is 6.04 Å². The Morgan fingerprint density at radius 3 is 2.43 bits per heavy atom. The molecular weight excluding hydrogens is 294 g/mol. The lowest BCUT2D eigenvalue weighted by Crippen LogP contribution is -2.53. The highest BCUT2D eigenvalue weighted by Crippen LogP contribution is 2.36. The van der Waals surface area contributed by atoms with Crippen LogP contribution in [0.15, 0.2) is 0 Å². The zero-order valence-electron chi connectivity index (χ0n) is 14.8. The second-order valence-corrected chi connectivity index (χ2v) is 8.11. The van der Waals surface area contributed by atoms with Crippen LogP contribution < -0.4 is 5.32 Å². The van der Waals surface area contributed by atoms with E-state index in [1.54, 1.807) is 0 Å². The summed E-state index contributed by atoms with van der Waals surface area (Å²) in [5, 5.41) is 3.42. The third-order valence-electron chi connectivity index (χ3n) is 5.19. The van der Waals surface area contributed by atoms with Gasteiger partial charge in [-0.2, -0.15) is 0 Å². The molecule has 6 heteroatoms. The monoisotopic (exact) mass is 325 g/mol. The van der Waals surface area contributed by atoms with E-state index >= 15 is 0 Å². The second kappa shape index (κ2) is 6.57. The molecule has 3 heterocycles. The zero-order chi connectivity index (χ0) is 16.5. The molecule has 1 amide bonds. The van der Waals surface area contributed by atoms with Crippen molar-refractivity contribution < 1.29 is 14.3 Å². The molecule has 0 bridgehead atoms. The minimum absolute atomic E-state index is 0.109. The number of hydrogen-bond acceptors (Lipinski definition) is 5. The van der Waals surface area contributed by atoms with Crippen molar-refractivity contribution in [3.05, 3.63) is 0 Å². The summed E-state index contributed by atoms with van der Waals surface area (Å²) in [4.78, 5) is 16.5. The smallest absolute Gasteiger partial charge is 0.410 e. The van der Waals surface area contributed by atoms with Gasteiger partial charge < -0.3 is 19.7 Å². The first-order valence-corrected chi connectivity index (χ1v) is 8.94. The minimum Gasteiger partial charge on any atom is -0.444 e. The summed E-state index contributed by atoms with van der Waals surface area (Å²) in [6.07, 6.45) is 3.21. The molecule has 6 nitrogen and oxygen atoms in total. The summed E-state index contributed by atoms with van der Waals surface area (Å²) in [5.41, 5.74) is -0.312. The van der Waals surface area contributed by atoms with Gasteiger partial charge in [0.2, 0.25) is 0 Å². The second-order valence-electron chi connectivity index (χ2n) is 8.11. The number of piperidine rings is 1. The van der Waals surface area contributed by atoms with Gasteiger partial charge in [0, 0.05) is 32.2 Å². The van der Waals surface area contributed by atoms with Gasteiger partial charge in [0.25, 0.3) is 0 Å². The number of amides is 1. The van der Waals surface area contributed by atoms with Crippen LogP contribution in [0, 0.1) is 0 Å². The number of rotatable bonds is 1. The van der Waals surface area contributed by atoms with Crippen LogP contribution >= 0.6 is 0 Å². The maximum atomic E-state index is 12.1. The Labute approximate surface area is 139 Å². The molecule has 3 fully saturated rings. The van der Waals surface area contributed by atoms with Gasteiger partial charge in [-0.25, -0.2) is 4.79 Å². The Hall–Kier alpha value is -0.850. The molecule has 0 radical (unpaired) electrons. The van der Waals surface area contributed by atoms with E-state index in [1.807, 2.05) is 25.7 Å². The molecule has 132 valence electrons. The maximum Gasteiger partial charge on any atom is 0.410 e. The number of piperazine rings is 1. The molecule has 1 unspecified atom stereocenters. The van der Waals surface area contributed by atoms with Crippen LogP contribution in [-0.2, 0) is 9.47 Å². The van der Waals surface area contributed by atoms with E-state index in [0.717, 1.165) is 65.1 Å². The first-order chi connectivity index (χ1) is 10.9. The molecule has 1 atom stereocenters. The summed E-state index contributed by atoms with van der Waals surface area (Å²) in [6, 6.07) is 0.508. The van der Waals surface area contributed by atoms with Crippen LogP contribution in [0.1, 0.15) is 40.0 Å². The molecule has 1 spiro atoms. The molecule has 0 aromatic carbocycles. The van der Waals surface area contributed by atoms with Crippen molar-refractivity contribution in [2.45, 2.75) is 57.3 Å². The molecule has 1 N–H and O–H groups in total. The number of ether oxygens (including phenoxy) is 2. The lowest BCUT2D eigenvalue weighted by atomic mass is 9.88. The van der Waals surface area contributed by atoms with E-state index in [4.69, 9.17) is 9.47 Å². The molecule has 3 aliphatic heterocycles. The van der Waals surface area contributed by atoms with E-state index in [9.17, 15) is 4.79 Å². The summed E-state index contributed by atoms with van der Waals surface area (Å²) >= 11 is 0. The van der Waals surface area contributed by atoms with Gasteiger partial charge in [0.05, 0.1) is 12.2 Å². The van der Waals surface area contributed by atoms with Crippen LogP contribution in [0.2, 0.25) is 0 Å². The fourth-order valence-corrected chi connectivity index (χ4v) is 3.88. The predicted molar refractivity (Wildman–Crippen MR) is 88.6 cm³/mol. The van der Waals surface area contributed by atoms with Crippen molar-refractivity contribution in [1.29, 1.82) is 0 Å². The summed E-state index contributed by atoms with van der Waals surface area (Å²) in [7, 11) is 0. The van der Waals surface area contributed by atoms with Crippen molar-refractivity contribution in [3.8, 4) is 0 Å². The number of nitrogens with one attached hydrogen (secondary N) is 1. The predicted octanol–water partition coefficient (Wildman–Crippen LogP) is 1.45.